The molecule has 26 heavy (non-hydrogen) atoms. The zero-order valence-corrected chi connectivity index (χ0v) is 16.9. The van der Waals surface area contributed by atoms with Gasteiger partial charge in [-0.15, -0.1) is 11.3 Å². The van der Waals surface area contributed by atoms with Crippen LogP contribution in [0.3, 0.4) is 0 Å². The molecule has 3 N–H and O–H groups in total. The van der Waals surface area contributed by atoms with Gasteiger partial charge in [-0.25, -0.2) is 0 Å². The van der Waals surface area contributed by atoms with E-state index < -0.39 is 12.0 Å². The molecule has 0 fully saturated rings. The molecule has 0 spiro atoms. The number of thiophene rings is 1. The fourth-order valence-electron chi connectivity index (χ4n) is 2.85. The van der Waals surface area contributed by atoms with E-state index in [1.165, 1.54) is 16.9 Å². The second-order valence-electron chi connectivity index (χ2n) is 6.77. The molecule has 1 aromatic heterocycles. The summed E-state index contributed by atoms with van der Waals surface area (Å²) in [5.41, 5.74) is 8.99. The molecule has 0 aliphatic rings. The smallest absolute Gasteiger partial charge is 0.265 e. The van der Waals surface area contributed by atoms with Gasteiger partial charge in [-0.1, -0.05) is 19.9 Å². The summed E-state index contributed by atoms with van der Waals surface area (Å²) >= 11 is 1.34. The van der Waals surface area contributed by atoms with Crippen LogP contribution in [-0.2, 0) is 4.79 Å². The van der Waals surface area contributed by atoms with Crippen molar-refractivity contribution in [1.29, 1.82) is 0 Å². The first-order valence-electron chi connectivity index (χ1n) is 8.59. The molecule has 2 amide bonds. The lowest BCUT2D eigenvalue weighted by atomic mass is 9.98. The quantitative estimate of drug-likeness (QED) is 0.791. The number of rotatable bonds is 6. The third-order valence-corrected chi connectivity index (χ3v) is 5.54. The van der Waals surface area contributed by atoms with Crippen molar-refractivity contribution in [3.05, 3.63) is 45.3 Å². The average molecular weight is 375 g/mol. The molecule has 1 aromatic carbocycles. The summed E-state index contributed by atoms with van der Waals surface area (Å²) in [6, 6.07) is 5.84. The molecular formula is C20H26N2O3S. The van der Waals surface area contributed by atoms with E-state index in [4.69, 9.17) is 10.5 Å². The standard InChI is InChI=1S/C20H26N2O3S/c1-10(2)16-8-7-15(9-11(16)3)25-13(5)19(24)22-20-17(18(21)23)12(4)14(6)26-20/h7-10,13H,1-6H3,(H2,21,23)(H,22,24). The average Bonchev–Trinajstić information content (AvgIpc) is 2.81. The molecule has 1 atom stereocenters. The van der Waals surface area contributed by atoms with Gasteiger partial charge in [0.05, 0.1) is 5.56 Å². The minimum atomic E-state index is -0.706. The number of nitrogens with two attached hydrogens (primary N) is 1. The van der Waals surface area contributed by atoms with Crippen LogP contribution in [0, 0.1) is 20.8 Å². The highest BCUT2D eigenvalue weighted by Crippen LogP contribution is 2.32. The van der Waals surface area contributed by atoms with Gasteiger partial charge in [0.25, 0.3) is 11.8 Å². The Morgan fingerprint density at radius 2 is 1.81 bits per heavy atom. The van der Waals surface area contributed by atoms with Crippen LogP contribution in [0.5, 0.6) is 5.75 Å². The number of carbonyl (C=O) groups is 2. The Kier molecular flexibility index (Phi) is 6.08. The Hall–Kier alpha value is -2.34. The van der Waals surface area contributed by atoms with Crippen LogP contribution in [0.4, 0.5) is 5.00 Å². The Bertz CT molecular complexity index is 840. The van der Waals surface area contributed by atoms with Gasteiger partial charge in [-0.3, -0.25) is 9.59 Å². The minimum absolute atomic E-state index is 0.320. The van der Waals surface area contributed by atoms with Gasteiger partial charge >= 0.3 is 0 Å². The molecule has 5 nitrogen and oxygen atoms in total. The van der Waals surface area contributed by atoms with Crippen LogP contribution in [0.25, 0.3) is 0 Å². The predicted octanol–water partition coefficient (Wildman–Crippen LogP) is 4.30. The molecule has 0 aliphatic heterocycles. The number of carbonyl (C=O) groups excluding carboxylic acids is 2. The number of ether oxygens (including phenoxy) is 1. The molecule has 1 heterocycles. The van der Waals surface area contributed by atoms with E-state index in [9.17, 15) is 9.59 Å². The first-order valence-corrected chi connectivity index (χ1v) is 9.41. The minimum Gasteiger partial charge on any atom is -0.481 e. The van der Waals surface area contributed by atoms with Crippen molar-refractivity contribution in [2.24, 2.45) is 5.73 Å². The van der Waals surface area contributed by atoms with Crippen LogP contribution in [0.1, 0.15) is 58.6 Å². The molecule has 0 bridgehead atoms. The normalized spacial score (nSPS) is 12.1. The highest BCUT2D eigenvalue weighted by Gasteiger charge is 2.22. The molecule has 6 heteroatoms. The van der Waals surface area contributed by atoms with Crippen molar-refractivity contribution in [3.63, 3.8) is 0 Å². The van der Waals surface area contributed by atoms with Crippen molar-refractivity contribution in [1.82, 2.24) is 0 Å². The van der Waals surface area contributed by atoms with Crippen molar-refractivity contribution < 1.29 is 14.3 Å². The van der Waals surface area contributed by atoms with Gasteiger partial charge in [-0.05, 0) is 62.4 Å². The second kappa shape index (κ2) is 7.91. The van der Waals surface area contributed by atoms with E-state index in [1.807, 2.05) is 39.0 Å². The van der Waals surface area contributed by atoms with Gasteiger partial charge in [0, 0.05) is 4.88 Å². The van der Waals surface area contributed by atoms with Gasteiger partial charge in [0.15, 0.2) is 6.10 Å². The largest absolute Gasteiger partial charge is 0.481 e. The molecular weight excluding hydrogens is 348 g/mol. The molecule has 140 valence electrons. The fraction of sp³-hybridized carbons (Fsp3) is 0.400. The van der Waals surface area contributed by atoms with Crippen molar-refractivity contribution in [2.45, 2.75) is 53.6 Å². The summed E-state index contributed by atoms with van der Waals surface area (Å²) < 4.78 is 5.78. The molecule has 0 saturated carbocycles. The van der Waals surface area contributed by atoms with E-state index in [-0.39, 0.29) is 5.91 Å². The van der Waals surface area contributed by atoms with Crippen LogP contribution < -0.4 is 15.8 Å². The highest BCUT2D eigenvalue weighted by molar-refractivity contribution is 7.16. The zero-order chi connectivity index (χ0) is 19.6. The predicted molar refractivity (Wildman–Crippen MR) is 106 cm³/mol. The molecule has 0 saturated heterocycles. The summed E-state index contributed by atoms with van der Waals surface area (Å²) in [7, 11) is 0. The summed E-state index contributed by atoms with van der Waals surface area (Å²) in [6.07, 6.45) is -0.706. The zero-order valence-electron chi connectivity index (χ0n) is 16.1. The number of primary amides is 1. The van der Waals surface area contributed by atoms with Gasteiger partial charge in [0.1, 0.15) is 10.8 Å². The Balaban J connectivity index is 2.13. The summed E-state index contributed by atoms with van der Waals surface area (Å²) in [4.78, 5) is 25.1. The number of aryl methyl sites for hydroxylation is 2. The second-order valence-corrected chi connectivity index (χ2v) is 8.00. The van der Waals surface area contributed by atoms with E-state index >= 15 is 0 Å². The molecule has 0 radical (unpaired) electrons. The van der Waals surface area contributed by atoms with Crippen LogP contribution in [0.15, 0.2) is 18.2 Å². The number of anilines is 1. The molecule has 2 aromatic rings. The fourth-order valence-corrected chi connectivity index (χ4v) is 3.92. The van der Waals surface area contributed by atoms with Crippen molar-refractivity contribution >= 4 is 28.2 Å². The Labute approximate surface area is 158 Å². The monoisotopic (exact) mass is 374 g/mol. The number of amides is 2. The van der Waals surface area contributed by atoms with Gasteiger partial charge in [0.2, 0.25) is 0 Å². The summed E-state index contributed by atoms with van der Waals surface area (Å²) in [5, 5.41) is 3.24. The van der Waals surface area contributed by atoms with Crippen LogP contribution in [0.2, 0.25) is 0 Å². The SMILES string of the molecule is Cc1cc(OC(C)C(=O)Nc2sc(C)c(C)c2C(N)=O)ccc1C(C)C. The lowest BCUT2D eigenvalue weighted by Crippen LogP contribution is -2.30. The highest BCUT2D eigenvalue weighted by atomic mass is 32.1. The van der Waals surface area contributed by atoms with Crippen molar-refractivity contribution in [3.8, 4) is 5.75 Å². The number of hydrogen-bond donors (Lipinski definition) is 2. The molecule has 0 aliphatic carbocycles. The Morgan fingerprint density at radius 1 is 1.15 bits per heavy atom. The topological polar surface area (TPSA) is 81.4 Å². The van der Waals surface area contributed by atoms with E-state index in [0.717, 1.165) is 16.0 Å². The number of benzene rings is 1. The number of hydrogen-bond acceptors (Lipinski definition) is 4. The van der Waals surface area contributed by atoms with Gasteiger partial charge < -0.3 is 15.8 Å². The lowest BCUT2D eigenvalue weighted by molar-refractivity contribution is -0.122. The third kappa shape index (κ3) is 4.25. The first-order chi connectivity index (χ1) is 12.1. The van der Waals surface area contributed by atoms with Crippen LogP contribution in [-0.4, -0.2) is 17.9 Å². The third-order valence-electron chi connectivity index (χ3n) is 4.41. The van der Waals surface area contributed by atoms with E-state index in [1.54, 1.807) is 6.92 Å². The molecule has 2 rings (SSSR count). The van der Waals surface area contributed by atoms with Gasteiger partial charge in [-0.2, -0.15) is 0 Å². The van der Waals surface area contributed by atoms with Crippen molar-refractivity contribution in [2.75, 3.05) is 5.32 Å². The summed E-state index contributed by atoms with van der Waals surface area (Å²) in [6.45, 7) is 11.7. The van der Waals surface area contributed by atoms with E-state index in [2.05, 4.69) is 19.2 Å². The number of nitrogens with one attached hydrogen (secondary N) is 1. The maximum absolute atomic E-state index is 12.5. The molecule has 1 unspecified atom stereocenters. The first kappa shape index (κ1) is 20.0. The summed E-state index contributed by atoms with van der Waals surface area (Å²) in [5.74, 6) is 0.209. The van der Waals surface area contributed by atoms with E-state index in [0.29, 0.717) is 22.2 Å². The lowest BCUT2D eigenvalue weighted by Gasteiger charge is -2.17. The Morgan fingerprint density at radius 3 is 2.35 bits per heavy atom. The maximum atomic E-state index is 12.5. The maximum Gasteiger partial charge on any atom is 0.265 e. The van der Waals surface area contributed by atoms with Crippen LogP contribution >= 0.6 is 11.3 Å².